The summed E-state index contributed by atoms with van der Waals surface area (Å²) in [4.78, 5) is 29.5. The number of nitrogens with zero attached hydrogens (tertiary/aromatic N) is 3. The summed E-state index contributed by atoms with van der Waals surface area (Å²) in [6.45, 7) is 0.117. The Morgan fingerprint density at radius 3 is 2.61 bits per heavy atom. The van der Waals surface area contributed by atoms with Crippen LogP contribution in [-0.4, -0.2) is 34.1 Å². The van der Waals surface area contributed by atoms with Crippen LogP contribution in [0, 0.1) is 0 Å². The highest BCUT2D eigenvalue weighted by Gasteiger charge is 2.19. The van der Waals surface area contributed by atoms with Crippen LogP contribution in [0.2, 0.25) is 5.02 Å². The lowest BCUT2D eigenvalue weighted by Gasteiger charge is -2.15. The van der Waals surface area contributed by atoms with E-state index in [4.69, 9.17) is 35.6 Å². The highest BCUT2D eigenvalue weighted by Crippen LogP contribution is 2.42. The number of halogens is 3. The number of aromatic carboxylic acids is 1. The Morgan fingerprint density at radius 2 is 1.86 bits per heavy atom. The molecule has 0 aliphatic carbocycles. The van der Waals surface area contributed by atoms with Crippen molar-refractivity contribution in [2.24, 2.45) is 5.10 Å². The summed E-state index contributed by atoms with van der Waals surface area (Å²) in [5.41, 5.74) is 2.17. The average molecular weight is 738 g/mol. The molecule has 0 fully saturated rings. The van der Waals surface area contributed by atoms with Gasteiger partial charge in [0.1, 0.15) is 17.2 Å². The standard InChI is InChI=1S/C32H20Br2ClN3O6/c1-42-25-14-20(27(34)28(35)29(25)43-16-17-6-8-18(9-7-17)32(40)41)15-36-38-30(37-23-5-3-2-4-22(23)31(38)39)26-13-19-12-21(33)10-11-24(19)44-26/h2-15H,16H2,1H3,(H,40,41). The van der Waals surface area contributed by atoms with Gasteiger partial charge in [-0.15, -0.1) is 0 Å². The summed E-state index contributed by atoms with van der Waals surface area (Å²) in [6.07, 6.45) is 1.47. The molecule has 6 aromatic rings. The molecule has 9 nitrogen and oxygen atoms in total. The average Bonchev–Trinajstić information content (AvgIpc) is 3.45. The number of hydrogen-bond acceptors (Lipinski definition) is 7. The fraction of sp³-hybridized carbons (Fsp3) is 0.0625. The number of furan rings is 1. The van der Waals surface area contributed by atoms with Gasteiger partial charge in [0.2, 0.25) is 5.82 Å². The predicted molar refractivity (Wildman–Crippen MR) is 175 cm³/mol. The minimum absolute atomic E-state index is 0.117. The largest absolute Gasteiger partial charge is 0.493 e. The Morgan fingerprint density at radius 1 is 1.09 bits per heavy atom. The van der Waals surface area contributed by atoms with Gasteiger partial charge in [-0.25, -0.2) is 9.78 Å². The molecule has 4 aromatic carbocycles. The zero-order chi connectivity index (χ0) is 31.0. The van der Waals surface area contributed by atoms with Crippen molar-refractivity contribution < 1.29 is 23.8 Å². The summed E-state index contributed by atoms with van der Waals surface area (Å²) >= 11 is 13.7. The van der Waals surface area contributed by atoms with E-state index in [1.807, 2.05) is 24.3 Å². The molecule has 0 saturated carbocycles. The monoisotopic (exact) mass is 735 g/mol. The molecule has 220 valence electrons. The minimum atomic E-state index is -1.01. The number of benzene rings is 4. The Balaban J connectivity index is 1.39. The van der Waals surface area contributed by atoms with Gasteiger partial charge >= 0.3 is 5.97 Å². The van der Waals surface area contributed by atoms with E-state index in [-0.39, 0.29) is 34.3 Å². The van der Waals surface area contributed by atoms with Crippen molar-refractivity contribution in [3.8, 4) is 23.1 Å². The van der Waals surface area contributed by atoms with Crippen molar-refractivity contribution in [1.82, 2.24) is 9.66 Å². The third kappa shape index (κ3) is 5.73. The molecule has 0 spiro atoms. The number of rotatable bonds is 8. The van der Waals surface area contributed by atoms with Crippen molar-refractivity contribution in [2.45, 2.75) is 6.61 Å². The normalized spacial score (nSPS) is 11.5. The molecule has 0 amide bonds. The van der Waals surface area contributed by atoms with Crippen LogP contribution in [0.25, 0.3) is 33.5 Å². The molecule has 0 unspecified atom stereocenters. The smallest absolute Gasteiger partial charge is 0.335 e. The van der Waals surface area contributed by atoms with Crippen molar-refractivity contribution in [3.63, 3.8) is 0 Å². The molecule has 0 bridgehead atoms. The van der Waals surface area contributed by atoms with E-state index in [0.29, 0.717) is 38.0 Å². The first-order valence-corrected chi connectivity index (χ1v) is 15.0. The molecule has 0 atom stereocenters. The lowest BCUT2D eigenvalue weighted by Crippen LogP contribution is -2.20. The molecule has 12 heteroatoms. The van der Waals surface area contributed by atoms with E-state index in [1.165, 1.54) is 30.1 Å². The van der Waals surface area contributed by atoms with Gasteiger partial charge in [-0.3, -0.25) is 4.79 Å². The number of carboxylic acid groups (broad SMARTS) is 1. The molecular formula is C32H20Br2ClN3O6. The number of carbonyl (C=O) groups is 1. The molecule has 6 rings (SSSR count). The maximum atomic E-state index is 13.7. The van der Waals surface area contributed by atoms with Crippen molar-refractivity contribution in [2.75, 3.05) is 7.11 Å². The van der Waals surface area contributed by atoms with Gasteiger partial charge in [0.25, 0.3) is 5.56 Å². The molecule has 0 aliphatic rings. The first-order valence-electron chi connectivity index (χ1n) is 13.0. The highest BCUT2D eigenvalue weighted by molar-refractivity contribution is 9.10. The fourth-order valence-electron chi connectivity index (χ4n) is 4.52. The van der Waals surface area contributed by atoms with Gasteiger partial charge in [0, 0.05) is 19.9 Å². The van der Waals surface area contributed by atoms with Crippen LogP contribution in [0.1, 0.15) is 21.5 Å². The number of fused-ring (bicyclic) bond motifs is 2. The molecule has 44 heavy (non-hydrogen) atoms. The van der Waals surface area contributed by atoms with Crippen LogP contribution in [0.4, 0.5) is 0 Å². The summed E-state index contributed by atoms with van der Waals surface area (Å²) < 4.78 is 20.1. The molecule has 0 saturated heterocycles. The Hall–Kier alpha value is -4.45. The second-order valence-corrected chi connectivity index (χ2v) is 11.6. The van der Waals surface area contributed by atoms with E-state index >= 15 is 0 Å². The lowest BCUT2D eigenvalue weighted by atomic mass is 10.1. The topological polar surface area (TPSA) is 116 Å². The Kier molecular flexibility index (Phi) is 8.26. The number of hydrogen-bond donors (Lipinski definition) is 1. The lowest BCUT2D eigenvalue weighted by molar-refractivity contribution is 0.0697. The third-order valence-electron chi connectivity index (χ3n) is 6.72. The van der Waals surface area contributed by atoms with E-state index < -0.39 is 5.97 Å². The summed E-state index contributed by atoms with van der Waals surface area (Å²) in [5.74, 6) is 0.185. The van der Waals surface area contributed by atoms with Crippen molar-refractivity contribution >= 4 is 77.5 Å². The number of aromatic nitrogens is 2. The number of para-hydroxylation sites is 1. The van der Waals surface area contributed by atoms with E-state index in [2.05, 4.69) is 37.0 Å². The zero-order valence-electron chi connectivity index (χ0n) is 22.8. The van der Waals surface area contributed by atoms with Gasteiger partial charge in [-0.2, -0.15) is 9.78 Å². The van der Waals surface area contributed by atoms with E-state index in [0.717, 1.165) is 15.4 Å². The number of methoxy groups -OCH3 is 1. The molecular weight excluding hydrogens is 718 g/mol. The summed E-state index contributed by atoms with van der Waals surface area (Å²) in [5, 5.41) is 15.1. The maximum absolute atomic E-state index is 13.7. The second-order valence-electron chi connectivity index (χ2n) is 9.52. The van der Waals surface area contributed by atoms with Crippen LogP contribution in [-0.2, 0) is 6.61 Å². The van der Waals surface area contributed by atoms with Gasteiger partial charge in [0.05, 0.1) is 29.8 Å². The summed E-state index contributed by atoms with van der Waals surface area (Å²) in [7, 11) is 1.48. The predicted octanol–water partition coefficient (Wildman–Crippen LogP) is 8.16. The number of carboxylic acids is 1. The zero-order valence-corrected chi connectivity index (χ0v) is 26.7. The molecule has 2 aromatic heterocycles. The molecule has 1 N–H and O–H groups in total. The van der Waals surface area contributed by atoms with Gasteiger partial charge in [-0.1, -0.05) is 51.8 Å². The second kappa shape index (κ2) is 12.3. The van der Waals surface area contributed by atoms with E-state index in [9.17, 15) is 9.59 Å². The summed E-state index contributed by atoms with van der Waals surface area (Å²) in [6, 6.07) is 22.4. The minimum Gasteiger partial charge on any atom is -0.493 e. The maximum Gasteiger partial charge on any atom is 0.335 e. The van der Waals surface area contributed by atoms with Gasteiger partial charge in [0.15, 0.2) is 17.3 Å². The quantitative estimate of drug-likeness (QED) is 0.157. The Bertz CT molecular complexity index is 2160. The van der Waals surface area contributed by atoms with Gasteiger partial charge < -0.3 is 19.0 Å². The highest BCUT2D eigenvalue weighted by atomic mass is 79.9. The first kappa shape index (κ1) is 29.6. The van der Waals surface area contributed by atoms with Gasteiger partial charge in [-0.05, 0) is 76.1 Å². The fourth-order valence-corrected chi connectivity index (χ4v) is 5.55. The van der Waals surface area contributed by atoms with Crippen LogP contribution >= 0.6 is 43.5 Å². The SMILES string of the molecule is COc1cc(C=Nn2c(-c3cc4cc(Br)ccc4o3)nc3ccccc3c2=O)c(Br)c(Cl)c1OCc1ccc(C(=O)O)cc1. The van der Waals surface area contributed by atoms with Crippen LogP contribution in [0.5, 0.6) is 11.5 Å². The van der Waals surface area contributed by atoms with Crippen LogP contribution in [0.3, 0.4) is 0 Å². The third-order valence-corrected chi connectivity index (χ3v) is 8.66. The molecule has 0 aliphatic heterocycles. The van der Waals surface area contributed by atoms with Crippen LogP contribution in [0.15, 0.2) is 102 Å². The number of ether oxygens (including phenoxy) is 2. The van der Waals surface area contributed by atoms with Crippen molar-refractivity contribution in [1.29, 1.82) is 0 Å². The molecule has 2 heterocycles. The first-order chi connectivity index (χ1) is 21.2. The van der Waals surface area contributed by atoms with Crippen molar-refractivity contribution in [3.05, 3.63) is 120 Å². The Labute approximate surface area is 271 Å². The van der Waals surface area contributed by atoms with E-state index in [1.54, 1.807) is 42.5 Å². The molecule has 0 radical (unpaired) electrons. The van der Waals surface area contributed by atoms with Crippen LogP contribution < -0.4 is 15.0 Å².